The molecule has 24 nitrogen and oxygen atoms in total. The molecule has 3 heterocycles. The normalized spacial score (nSPS) is 11.4. The van der Waals surface area contributed by atoms with Gasteiger partial charge in [0, 0.05) is 39.7 Å². The van der Waals surface area contributed by atoms with Crippen LogP contribution in [0.15, 0.2) is 90.8 Å². The van der Waals surface area contributed by atoms with Gasteiger partial charge >= 0.3 is 5.97 Å². The average molecular weight is 1120 g/mol. The van der Waals surface area contributed by atoms with Crippen molar-refractivity contribution in [3.05, 3.63) is 111 Å². The van der Waals surface area contributed by atoms with Crippen LogP contribution in [0.2, 0.25) is 0 Å². The minimum atomic E-state index is -0.871. The molecule has 0 saturated carbocycles. The molecule has 76 heavy (non-hydrogen) atoms. The highest BCUT2D eigenvalue weighted by Crippen LogP contribution is 2.28. The van der Waals surface area contributed by atoms with Crippen molar-refractivity contribution in [3.63, 3.8) is 0 Å². The number of aliphatic carboxylic acids is 1. The van der Waals surface area contributed by atoms with E-state index in [1.807, 2.05) is 47.6 Å². The van der Waals surface area contributed by atoms with E-state index < -0.39 is 41.8 Å². The van der Waals surface area contributed by atoms with Gasteiger partial charge in [0.15, 0.2) is 17.5 Å². The van der Waals surface area contributed by atoms with E-state index in [-0.39, 0.29) is 0 Å². The molecular formula is C51H67BrN14O10. The summed E-state index contributed by atoms with van der Waals surface area (Å²) in [6, 6.07) is 22.8. The van der Waals surface area contributed by atoms with Gasteiger partial charge in [-0.2, -0.15) is 10.5 Å². The van der Waals surface area contributed by atoms with Gasteiger partial charge in [0.1, 0.15) is 47.5 Å². The summed E-state index contributed by atoms with van der Waals surface area (Å²) in [4.78, 5) is 46.0. The number of hydrogen-bond acceptors (Lipinski definition) is 20. The van der Waals surface area contributed by atoms with Gasteiger partial charge in [-0.25, -0.2) is 4.79 Å². The van der Waals surface area contributed by atoms with Gasteiger partial charge < -0.3 is 68.2 Å². The minimum Gasteiger partial charge on any atom is -0.480 e. The number of amides is 3. The smallest absolute Gasteiger partial charge is 0.326 e. The largest absolute Gasteiger partial charge is 0.480 e. The number of aryl methyl sites for hydroxylation is 3. The summed E-state index contributed by atoms with van der Waals surface area (Å²) < 4.78 is 15.3. The fourth-order valence-corrected chi connectivity index (χ4v) is 7.19. The van der Waals surface area contributed by atoms with Gasteiger partial charge in [-0.3, -0.25) is 24.9 Å². The number of aromatic nitrogens is 3. The predicted molar refractivity (Wildman–Crippen MR) is 292 cm³/mol. The number of nitrogens with two attached hydrogens (primary N) is 4. The van der Waals surface area contributed by atoms with E-state index in [1.54, 1.807) is 93.6 Å². The molecule has 0 aliphatic carbocycles. The van der Waals surface area contributed by atoms with E-state index in [2.05, 4.69) is 68.6 Å². The number of carboxylic acid groups (broad SMARTS) is 1. The van der Waals surface area contributed by atoms with Crippen molar-refractivity contribution in [2.45, 2.75) is 99.7 Å². The molecule has 16 N–H and O–H groups in total. The van der Waals surface area contributed by atoms with Crippen molar-refractivity contribution < 1.29 is 48.4 Å². The summed E-state index contributed by atoms with van der Waals surface area (Å²) in [5.41, 5.74) is 25.8. The van der Waals surface area contributed by atoms with E-state index in [4.69, 9.17) is 52.9 Å². The lowest BCUT2D eigenvalue weighted by molar-refractivity contribution is -0.176. The maximum atomic E-state index is 11.6. The Kier molecular flexibility index (Phi) is 26.6. The molecular weight excluding hydrogens is 1050 g/mol. The second-order valence-corrected chi connectivity index (χ2v) is 19.0. The number of nitrogens with zero attached hydrogens (tertiary/aromatic N) is 5. The predicted octanol–water partition coefficient (Wildman–Crippen LogP) is 8.86. The third-order valence-corrected chi connectivity index (χ3v) is 10.7. The van der Waals surface area contributed by atoms with Crippen molar-refractivity contribution >= 4 is 85.5 Å². The highest BCUT2D eigenvalue weighted by Gasteiger charge is 2.21. The number of carbonyl (C=O) groups is 4. The molecule has 0 saturated heterocycles. The van der Waals surface area contributed by atoms with Crippen LogP contribution < -0.4 is 49.5 Å². The molecule has 0 aliphatic heterocycles. The quantitative estimate of drug-likeness (QED) is 0.0251. The zero-order valence-corrected chi connectivity index (χ0v) is 45.2. The molecule has 0 radical (unpaired) electrons. The Morgan fingerprint density at radius 2 is 0.987 bits per heavy atom. The van der Waals surface area contributed by atoms with Gasteiger partial charge in [-0.15, -0.1) is 0 Å². The second-order valence-electron chi connectivity index (χ2n) is 18.2. The van der Waals surface area contributed by atoms with Gasteiger partial charge in [-0.05, 0) is 128 Å². The SMILES string of the molecule is CC(C)C[C@@H](Nc1ccc(C#N)c(Br)c1)C(=O)O.Cc1cc(N)no1.Cc1cc(Nc2cc(N[C@H](CC(C)C)C(N)=O)ccc2C#N)no1.Cc1cc(Nc2cc(N[C@H](CC(C)C)C(N)=O)ccc2C(N)=O)no1.OO. The summed E-state index contributed by atoms with van der Waals surface area (Å²) >= 11 is 3.28. The summed E-state index contributed by atoms with van der Waals surface area (Å²) in [6.45, 7) is 17.4. The van der Waals surface area contributed by atoms with E-state index in [0.717, 1.165) is 5.76 Å². The van der Waals surface area contributed by atoms with Gasteiger partial charge in [0.2, 0.25) is 11.8 Å². The third-order valence-electron chi connectivity index (χ3n) is 10.1. The zero-order valence-electron chi connectivity index (χ0n) is 43.6. The lowest BCUT2D eigenvalue weighted by Gasteiger charge is -2.19. The Morgan fingerprint density at radius 3 is 1.34 bits per heavy atom. The molecule has 0 spiro atoms. The van der Waals surface area contributed by atoms with Crippen LogP contribution in [-0.4, -0.2) is 72.9 Å². The summed E-state index contributed by atoms with van der Waals surface area (Å²) in [5, 5.41) is 65.5. The van der Waals surface area contributed by atoms with Crippen molar-refractivity contribution in [1.82, 2.24) is 15.5 Å². The fraction of sp³-hybridized carbons (Fsp3) is 0.353. The van der Waals surface area contributed by atoms with Crippen LogP contribution in [0.3, 0.4) is 0 Å². The average Bonchev–Trinajstić information content (AvgIpc) is 4.08. The topological polar surface area (TPSA) is 419 Å². The molecule has 0 fully saturated rings. The number of benzene rings is 3. The second kappa shape index (κ2) is 31.8. The molecule has 3 amide bonds. The van der Waals surface area contributed by atoms with Crippen LogP contribution in [-0.2, 0) is 14.4 Å². The van der Waals surface area contributed by atoms with Crippen molar-refractivity contribution in [2.24, 2.45) is 35.0 Å². The first-order chi connectivity index (χ1) is 35.9. The van der Waals surface area contributed by atoms with Crippen LogP contribution >= 0.6 is 15.9 Å². The number of primary amides is 3. The van der Waals surface area contributed by atoms with Crippen LogP contribution in [0.5, 0.6) is 0 Å². The molecule has 3 atom stereocenters. The molecule has 0 bridgehead atoms. The number of carbonyl (C=O) groups excluding carboxylic acids is 3. The van der Waals surface area contributed by atoms with E-state index in [9.17, 15) is 24.4 Å². The number of anilines is 8. The van der Waals surface area contributed by atoms with Crippen LogP contribution in [0.4, 0.5) is 45.9 Å². The summed E-state index contributed by atoms with van der Waals surface area (Å²) in [6.07, 6.45) is 1.77. The third kappa shape index (κ3) is 22.6. The molecule has 0 unspecified atom stereocenters. The molecule has 6 aromatic rings. The number of hydrogen-bond donors (Lipinski definition) is 12. The molecule has 0 aliphatic rings. The molecule has 6 rings (SSSR count). The number of nitriles is 2. The molecule has 408 valence electrons. The van der Waals surface area contributed by atoms with Crippen molar-refractivity contribution in [3.8, 4) is 12.1 Å². The van der Waals surface area contributed by atoms with Crippen molar-refractivity contribution in [2.75, 3.05) is 32.3 Å². The maximum Gasteiger partial charge on any atom is 0.326 e. The number of nitrogen functional groups attached to an aromatic ring is 1. The first kappa shape index (κ1) is 63.5. The Hall–Kier alpha value is -8.65. The Balaban J connectivity index is 0.000000363. The number of carboxylic acids is 1. The Bertz CT molecular complexity index is 2890. The summed E-state index contributed by atoms with van der Waals surface area (Å²) in [7, 11) is 0. The lowest BCUT2D eigenvalue weighted by Crippen LogP contribution is -2.36. The first-order valence-electron chi connectivity index (χ1n) is 23.5. The highest BCUT2D eigenvalue weighted by atomic mass is 79.9. The van der Waals surface area contributed by atoms with E-state index in [1.165, 1.54) is 0 Å². The molecule has 3 aromatic carbocycles. The Labute approximate surface area is 448 Å². The van der Waals surface area contributed by atoms with Gasteiger partial charge in [0.25, 0.3) is 5.91 Å². The number of halogens is 1. The summed E-state index contributed by atoms with van der Waals surface area (Å²) in [5.74, 6) is 2.06. The monoisotopic (exact) mass is 1110 g/mol. The first-order valence-corrected chi connectivity index (χ1v) is 24.2. The van der Waals surface area contributed by atoms with Gasteiger partial charge in [-0.1, -0.05) is 57.0 Å². The van der Waals surface area contributed by atoms with Crippen LogP contribution in [0.1, 0.15) is 99.6 Å². The fourth-order valence-electron chi connectivity index (χ4n) is 6.73. The standard InChI is InChI=1S/C17H23N5O3.C17H21N5O2.C13H15BrN2O2.C4H6N2O.H2O2/c1-9(2)6-14(17(19)24)20-11-4-5-12(16(18)23)13(8-11)21-15-7-10(3)25-22-15;1-10(2)6-15(17(19)23)20-13-5-4-12(9-18)14(8-13)21-16-7-11(3)24-22-16;1-8(2)5-12(13(17)18)16-10-4-3-9(7-15)11(14)6-10;1-3-2-4(5)6-7-3;1-2/h4-5,7-9,14,20H,6H2,1-3H3,(H2,18,23)(H2,19,24)(H,21,22);4-5,7-8,10,15,20H,6H2,1-3H3,(H2,19,23)(H,21,22);3-4,6,8,12,16H,5H2,1-2H3,(H,17,18);2H,1H3,(H2,5,6);1-2H/t14-;15-;12-;;/m111../s1. The van der Waals surface area contributed by atoms with E-state index in [0.29, 0.717) is 116 Å². The number of rotatable bonds is 20. The Morgan fingerprint density at radius 1 is 0.592 bits per heavy atom. The van der Waals surface area contributed by atoms with Gasteiger partial charge in [0.05, 0.1) is 28.1 Å². The van der Waals surface area contributed by atoms with E-state index >= 15 is 0 Å². The molecule has 3 aromatic heterocycles. The number of nitrogens with one attached hydrogen (secondary N) is 5. The lowest BCUT2D eigenvalue weighted by atomic mass is 10.0. The highest BCUT2D eigenvalue weighted by molar-refractivity contribution is 9.10. The zero-order chi connectivity index (χ0) is 57.2. The molecule has 25 heteroatoms. The van der Waals surface area contributed by atoms with Crippen molar-refractivity contribution in [1.29, 1.82) is 10.5 Å². The van der Waals surface area contributed by atoms with Crippen LogP contribution in [0, 0.1) is 61.2 Å². The maximum absolute atomic E-state index is 11.6. The minimum absolute atomic E-state index is 0.292. The van der Waals surface area contributed by atoms with Crippen LogP contribution in [0.25, 0.3) is 0 Å².